The summed E-state index contributed by atoms with van der Waals surface area (Å²) in [7, 11) is 0. The Balaban J connectivity index is 1.32. The van der Waals surface area contributed by atoms with Gasteiger partial charge in [0, 0.05) is 49.8 Å². The Morgan fingerprint density at radius 2 is 1.70 bits per heavy atom. The van der Waals surface area contributed by atoms with E-state index in [9.17, 15) is 4.79 Å². The largest absolute Gasteiger partial charge is 0.369 e. The predicted molar refractivity (Wildman–Crippen MR) is 146 cm³/mol. The van der Waals surface area contributed by atoms with Crippen molar-refractivity contribution in [1.82, 2.24) is 25.5 Å². The normalized spacial score (nSPS) is 15.6. The van der Waals surface area contributed by atoms with Gasteiger partial charge in [-0.25, -0.2) is 4.98 Å². The zero-order chi connectivity index (χ0) is 25.4. The number of benzene rings is 2. The average molecular weight is 536 g/mol. The van der Waals surface area contributed by atoms with Crippen molar-refractivity contribution in [1.29, 1.82) is 0 Å². The van der Waals surface area contributed by atoms with Crippen LogP contribution in [0.15, 0.2) is 60.9 Å². The molecule has 0 atom stereocenters. The molecular formula is C25H23Cl2N9O. The summed E-state index contributed by atoms with van der Waals surface area (Å²) in [6, 6.07) is 15.1. The highest BCUT2D eigenvalue weighted by atomic mass is 35.5. The van der Waals surface area contributed by atoms with E-state index in [0.29, 0.717) is 38.9 Å². The first kappa shape index (κ1) is 23.5. The van der Waals surface area contributed by atoms with E-state index in [1.165, 1.54) is 16.8 Å². The lowest BCUT2D eigenvalue weighted by atomic mass is 10.1. The number of nitrogens with one attached hydrogen (secondary N) is 3. The van der Waals surface area contributed by atoms with Gasteiger partial charge >= 0.3 is 0 Å². The van der Waals surface area contributed by atoms with E-state index in [1.54, 1.807) is 30.5 Å². The van der Waals surface area contributed by atoms with Gasteiger partial charge < -0.3 is 15.5 Å². The van der Waals surface area contributed by atoms with E-state index >= 15 is 0 Å². The maximum absolute atomic E-state index is 13.5. The number of piperazine rings is 1. The molecule has 10 nitrogen and oxygen atoms in total. The number of fused-ring (bicyclic) bond motifs is 1. The fourth-order valence-corrected chi connectivity index (χ4v) is 5.13. The van der Waals surface area contributed by atoms with Gasteiger partial charge in [-0.3, -0.25) is 19.7 Å². The number of carbonyl (C=O) groups is 1. The first-order valence-corrected chi connectivity index (χ1v) is 12.6. The zero-order valence-electron chi connectivity index (χ0n) is 19.7. The number of hydrogen-bond acceptors (Lipinski definition) is 8. The molecule has 2 aliphatic rings. The second-order valence-corrected chi connectivity index (χ2v) is 9.47. The van der Waals surface area contributed by atoms with Crippen LogP contribution >= 0.6 is 23.2 Å². The Bertz CT molecular complexity index is 1400. The SMILES string of the molecule is O=C1c2cnc(Nc3ccc(N4CCNCC4)cc3)nc2N(c2ccn[nH]2)CN1c1c(Cl)cccc1Cl. The molecule has 4 heterocycles. The zero-order valence-corrected chi connectivity index (χ0v) is 21.2. The topological polar surface area (TPSA) is 105 Å². The van der Waals surface area contributed by atoms with E-state index in [4.69, 9.17) is 28.2 Å². The van der Waals surface area contributed by atoms with Crippen LogP contribution in [0.1, 0.15) is 10.4 Å². The van der Waals surface area contributed by atoms with Crippen LogP contribution in [0.2, 0.25) is 10.0 Å². The van der Waals surface area contributed by atoms with Crippen LogP contribution in [0.4, 0.5) is 34.6 Å². The fraction of sp³-hybridized carbons (Fsp3) is 0.200. The fourth-order valence-electron chi connectivity index (χ4n) is 4.52. The van der Waals surface area contributed by atoms with Gasteiger partial charge in [0.05, 0.1) is 21.9 Å². The van der Waals surface area contributed by atoms with Gasteiger partial charge in [0.1, 0.15) is 18.1 Å². The highest BCUT2D eigenvalue weighted by molar-refractivity contribution is 6.40. The number of rotatable bonds is 5. The lowest BCUT2D eigenvalue weighted by molar-refractivity contribution is 0.0982. The summed E-state index contributed by atoms with van der Waals surface area (Å²) >= 11 is 12.9. The summed E-state index contributed by atoms with van der Waals surface area (Å²) in [4.78, 5) is 28.4. The second-order valence-electron chi connectivity index (χ2n) is 8.65. The van der Waals surface area contributed by atoms with E-state index in [2.05, 4.69) is 42.8 Å². The molecule has 0 aliphatic carbocycles. The maximum atomic E-state index is 13.5. The van der Waals surface area contributed by atoms with Gasteiger partial charge in [-0.2, -0.15) is 10.1 Å². The highest BCUT2D eigenvalue weighted by Crippen LogP contribution is 2.39. The number of halogens is 2. The highest BCUT2D eigenvalue weighted by Gasteiger charge is 2.35. The molecule has 0 saturated carbocycles. The third-order valence-electron chi connectivity index (χ3n) is 6.37. The summed E-state index contributed by atoms with van der Waals surface area (Å²) in [6.45, 7) is 4.06. The van der Waals surface area contributed by atoms with E-state index in [1.807, 2.05) is 17.0 Å². The molecule has 1 amide bonds. The number of hydrogen-bond donors (Lipinski definition) is 3. The monoisotopic (exact) mass is 535 g/mol. The number of aromatic amines is 1. The molecule has 0 spiro atoms. The number of nitrogens with zero attached hydrogens (tertiary/aromatic N) is 6. The third-order valence-corrected chi connectivity index (χ3v) is 6.98. The minimum absolute atomic E-state index is 0.132. The molecule has 2 aromatic heterocycles. The van der Waals surface area contributed by atoms with Crippen LogP contribution in [0, 0.1) is 0 Å². The Labute approximate surface area is 223 Å². The lowest BCUT2D eigenvalue weighted by Crippen LogP contribution is -2.46. The van der Waals surface area contributed by atoms with Crippen molar-refractivity contribution >= 4 is 63.8 Å². The van der Waals surface area contributed by atoms with Crippen LogP contribution < -0.4 is 25.3 Å². The predicted octanol–water partition coefficient (Wildman–Crippen LogP) is 4.42. The molecule has 6 rings (SSSR count). The van der Waals surface area contributed by atoms with Crippen LogP contribution in [0.5, 0.6) is 0 Å². The first-order valence-electron chi connectivity index (χ1n) is 11.8. The molecule has 2 aromatic carbocycles. The van der Waals surface area contributed by atoms with Gasteiger partial charge in [0.15, 0.2) is 5.82 Å². The molecule has 188 valence electrons. The van der Waals surface area contributed by atoms with E-state index in [-0.39, 0.29) is 12.6 Å². The van der Waals surface area contributed by atoms with Crippen molar-refractivity contribution in [2.24, 2.45) is 0 Å². The van der Waals surface area contributed by atoms with Crippen molar-refractivity contribution in [3.8, 4) is 0 Å². The third kappa shape index (κ3) is 4.55. The molecule has 12 heteroatoms. The van der Waals surface area contributed by atoms with Gasteiger partial charge in [0.25, 0.3) is 5.91 Å². The van der Waals surface area contributed by atoms with Crippen LogP contribution in [-0.2, 0) is 0 Å². The summed E-state index contributed by atoms with van der Waals surface area (Å²) < 4.78 is 0. The maximum Gasteiger partial charge on any atom is 0.265 e. The number of para-hydroxylation sites is 1. The molecular weight excluding hydrogens is 513 g/mol. The molecule has 3 N–H and O–H groups in total. The van der Waals surface area contributed by atoms with E-state index < -0.39 is 0 Å². The van der Waals surface area contributed by atoms with Gasteiger partial charge in [-0.1, -0.05) is 29.3 Å². The Kier molecular flexibility index (Phi) is 6.29. The minimum atomic E-state index is -0.298. The lowest BCUT2D eigenvalue weighted by Gasteiger charge is -2.36. The summed E-state index contributed by atoms with van der Waals surface area (Å²) in [5.41, 5.74) is 2.76. The molecule has 0 radical (unpaired) electrons. The molecule has 2 aliphatic heterocycles. The first-order chi connectivity index (χ1) is 18.1. The number of amides is 1. The van der Waals surface area contributed by atoms with Crippen LogP contribution in [0.25, 0.3) is 0 Å². The second kappa shape index (κ2) is 9.89. The molecule has 0 unspecified atom stereocenters. The Morgan fingerprint density at radius 1 is 0.946 bits per heavy atom. The van der Waals surface area contributed by atoms with Crippen molar-refractivity contribution < 1.29 is 4.79 Å². The van der Waals surface area contributed by atoms with Crippen molar-refractivity contribution in [2.45, 2.75) is 0 Å². The van der Waals surface area contributed by atoms with Gasteiger partial charge in [-0.05, 0) is 36.4 Å². The molecule has 4 aromatic rings. The summed E-state index contributed by atoms with van der Waals surface area (Å²) in [5, 5.41) is 14.4. The number of aromatic nitrogens is 4. The molecule has 37 heavy (non-hydrogen) atoms. The Hall–Kier alpha value is -3.86. The van der Waals surface area contributed by atoms with Gasteiger partial charge in [-0.15, -0.1) is 0 Å². The number of H-pyrrole nitrogens is 1. The smallest absolute Gasteiger partial charge is 0.265 e. The van der Waals surface area contributed by atoms with Gasteiger partial charge in [0.2, 0.25) is 5.95 Å². The summed E-state index contributed by atoms with van der Waals surface area (Å²) in [5.74, 6) is 1.18. The van der Waals surface area contributed by atoms with Crippen molar-refractivity contribution in [3.63, 3.8) is 0 Å². The van der Waals surface area contributed by atoms with Crippen LogP contribution in [-0.4, -0.2) is 58.9 Å². The minimum Gasteiger partial charge on any atom is -0.369 e. The molecule has 0 bridgehead atoms. The number of anilines is 6. The molecule has 1 fully saturated rings. The Morgan fingerprint density at radius 3 is 2.41 bits per heavy atom. The van der Waals surface area contributed by atoms with E-state index in [0.717, 1.165) is 31.9 Å². The van der Waals surface area contributed by atoms with Crippen LogP contribution in [0.3, 0.4) is 0 Å². The average Bonchev–Trinajstić information content (AvgIpc) is 3.46. The summed E-state index contributed by atoms with van der Waals surface area (Å²) in [6.07, 6.45) is 3.15. The van der Waals surface area contributed by atoms with Crippen molar-refractivity contribution in [2.75, 3.05) is 52.9 Å². The number of carbonyl (C=O) groups excluding carboxylic acids is 1. The standard InChI is InChI=1S/C25H23Cl2N9O/c26-19-2-1-3-20(27)22(19)36-15-35(21-8-9-30-33-21)23-18(24(36)37)14-29-25(32-23)31-16-4-6-17(7-5-16)34-12-10-28-11-13-34/h1-9,14,28H,10-13,15H2,(H,30,33)(H,29,31,32). The van der Waals surface area contributed by atoms with Crippen molar-refractivity contribution in [3.05, 3.63) is 76.5 Å². The quantitative estimate of drug-likeness (QED) is 0.345. The molecule has 1 saturated heterocycles.